The molecule has 1 aromatic heterocycles. The third-order valence-electron chi connectivity index (χ3n) is 3.85. The highest BCUT2D eigenvalue weighted by Gasteiger charge is 2.38. The summed E-state index contributed by atoms with van der Waals surface area (Å²) in [5.74, 6) is -1.34. The molecule has 0 aromatic carbocycles. The van der Waals surface area contributed by atoms with Crippen molar-refractivity contribution in [2.24, 2.45) is 11.3 Å². The van der Waals surface area contributed by atoms with Crippen LogP contribution in [0, 0.1) is 11.3 Å². The minimum atomic E-state index is -1.06. The van der Waals surface area contributed by atoms with Crippen molar-refractivity contribution in [2.75, 3.05) is 0 Å². The molecule has 1 amide bonds. The molecule has 20 heavy (non-hydrogen) atoms. The van der Waals surface area contributed by atoms with E-state index in [1.807, 2.05) is 26.8 Å². The Balaban J connectivity index is 2.70. The van der Waals surface area contributed by atoms with Gasteiger partial charge in [0.15, 0.2) is 0 Å². The van der Waals surface area contributed by atoms with Gasteiger partial charge in [-0.2, -0.15) is 0 Å². The van der Waals surface area contributed by atoms with Crippen LogP contribution >= 0.6 is 0 Å². The van der Waals surface area contributed by atoms with E-state index in [9.17, 15) is 14.7 Å². The first kappa shape index (κ1) is 16.1. The number of nitrogens with one attached hydrogen (secondary N) is 1. The van der Waals surface area contributed by atoms with E-state index in [4.69, 9.17) is 0 Å². The van der Waals surface area contributed by atoms with Gasteiger partial charge in [0.05, 0.1) is 11.5 Å². The second-order valence-electron chi connectivity index (χ2n) is 5.63. The number of aliphatic carboxylic acids is 1. The molecule has 110 valence electrons. The molecule has 2 unspecified atom stereocenters. The van der Waals surface area contributed by atoms with Gasteiger partial charge >= 0.3 is 5.97 Å². The van der Waals surface area contributed by atoms with E-state index in [0.717, 1.165) is 5.56 Å². The number of hydrogen-bond acceptors (Lipinski definition) is 3. The number of rotatable bonds is 6. The molecule has 0 spiro atoms. The van der Waals surface area contributed by atoms with Crippen LogP contribution < -0.4 is 5.32 Å². The molecule has 0 aliphatic rings. The van der Waals surface area contributed by atoms with Crippen molar-refractivity contribution in [1.29, 1.82) is 0 Å². The van der Waals surface area contributed by atoms with Gasteiger partial charge in [0.2, 0.25) is 5.91 Å². The van der Waals surface area contributed by atoms with Crippen LogP contribution in [-0.2, 0) is 9.59 Å². The lowest BCUT2D eigenvalue weighted by Gasteiger charge is -2.29. The molecule has 5 nitrogen and oxygen atoms in total. The van der Waals surface area contributed by atoms with E-state index >= 15 is 0 Å². The number of carboxylic acid groups (broad SMARTS) is 1. The van der Waals surface area contributed by atoms with Gasteiger partial charge in [-0.3, -0.25) is 14.6 Å². The lowest BCUT2D eigenvalue weighted by Crippen LogP contribution is -2.39. The predicted molar refractivity (Wildman–Crippen MR) is 76.0 cm³/mol. The van der Waals surface area contributed by atoms with Gasteiger partial charge in [-0.05, 0) is 31.4 Å². The first-order valence-electron chi connectivity index (χ1n) is 6.70. The van der Waals surface area contributed by atoms with Crippen molar-refractivity contribution in [3.05, 3.63) is 30.1 Å². The van der Waals surface area contributed by atoms with Crippen molar-refractivity contribution in [3.8, 4) is 0 Å². The van der Waals surface area contributed by atoms with Crippen LogP contribution in [0.3, 0.4) is 0 Å². The molecule has 1 heterocycles. The maximum Gasteiger partial charge on any atom is 0.310 e. The Morgan fingerprint density at radius 3 is 2.50 bits per heavy atom. The average molecular weight is 278 g/mol. The van der Waals surface area contributed by atoms with Crippen LogP contribution in [0.4, 0.5) is 0 Å². The Morgan fingerprint density at radius 2 is 2.05 bits per heavy atom. The quantitative estimate of drug-likeness (QED) is 0.837. The second kappa shape index (κ2) is 6.50. The molecule has 0 saturated carbocycles. The number of carbonyl (C=O) groups is 2. The maximum absolute atomic E-state index is 12.1. The van der Waals surface area contributed by atoms with Crippen LogP contribution in [0.15, 0.2) is 24.5 Å². The monoisotopic (exact) mass is 278 g/mol. The highest BCUT2D eigenvalue weighted by molar-refractivity contribution is 5.85. The maximum atomic E-state index is 12.1. The molecule has 0 aliphatic carbocycles. The number of hydrogen-bond donors (Lipinski definition) is 2. The zero-order chi connectivity index (χ0) is 15.3. The smallest absolute Gasteiger partial charge is 0.310 e. The molecule has 0 fully saturated rings. The summed E-state index contributed by atoms with van der Waals surface area (Å²) in [6, 6.07) is 3.48. The summed E-state index contributed by atoms with van der Waals surface area (Å²) in [7, 11) is 0. The first-order valence-corrected chi connectivity index (χ1v) is 6.70. The number of carboxylic acids is 1. The third-order valence-corrected chi connectivity index (χ3v) is 3.85. The largest absolute Gasteiger partial charge is 0.481 e. The summed E-state index contributed by atoms with van der Waals surface area (Å²) in [6.45, 7) is 7.08. The zero-order valence-electron chi connectivity index (χ0n) is 12.4. The van der Waals surface area contributed by atoms with E-state index in [1.54, 1.807) is 25.4 Å². The normalized spacial score (nSPS) is 15.4. The van der Waals surface area contributed by atoms with Crippen molar-refractivity contribution in [3.63, 3.8) is 0 Å². The zero-order valence-corrected chi connectivity index (χ0v) is 12.4. The summed E-state index contributed by atoms with van der Waals surface area (Å²) >= 11 is 0. The predicted octanol–water partition coefficient (Wildman–Crippen LogP) is 2.40. The fourth-order valence-electron chi connectivity index (χ4n) is 1.87. The van der Waals surface area contributed by atoms with Gasteiger partial charge in [0, 0.05) is 18.8 Å². The molecule has 0 bridgehead atoms. The van der Waals surface area contributed by atoms with E-state index in [-0.39, 0.29) is 24.3 Å². The van der Waals surface area contributed by atoms with Crippen molar-refractivity contribution in [2.45, 2.75) is 40.2 Å². The van der Waals surface area contributed by atoms with Gasteiger partial charge in [-0.15, -0.1) is 0 Å². The Hall–Kier alpha value is -1.91. The molecule has 2 atom stereocenters. The van der Waals surface area contributed by atoms with Crippen molar-refractivity contribution in [1.82, 2.24) is 10.3 Å². The van der Waals surface area contributed by atoms with Gasteiger partial charge in [-0.25, -0.2) is 0 Å². The van der Waals surface area contributed by atoms with Crippen LogP contribution in [0.1, 0.15) is 45.7 Å². The van der Waals surface area contributed by atoms with E-state index in [1.165, 1.54) is 0 Å². The van der Waals surface area contributed by atoms with Gasteiger partial charge in [0.25, 0.3) is 0 Å². The van der Waals surface area contributed by atoms with Gasteiger partial charge in [-0.1, -0.05) is 19.9 Å². The van der Waals surface area contributed by atoms with Gasteiger partial charge < -0.3 is 10.4 Å². The molecular weight excluding hydrogens is 256 g/mol. The Morgan fingerprint density at radius 1 is 1.40 bits per heavy atom. The van der Waals surface area contributed by atoms with E-state index in [0.29, 0.717) is 0 Å². The second-order valence-corrected chi connectivity index (χ2v) is 5.63. The third kappa shape index (κ3) is 3.79. The number of aromatic nitrogens is 1. The summed E-state index contributed by atoms with van der Waals surface area (Å²) in [5, 5.41) is 12.1. The first-order chi connectivity index (χ1) is 9.27. The van der Waals surface area contributed by atoms with E-state index in [2.05, 4.69) is 10.3 Å². The van der Waals surface area contributed by atoms with Gasteiger partial charge in [0.1, 0.15) is 0 Å². The Bertz CT molecular complexity index is 473. The van der Waals surface area contributed by atoms with E-state index < -0.39 is 11.4 Å². The Labute approximate surface area is 119 Å². The summed E-state index contributed by atoms with van der Waals surface area (Å²) < 4.78 is 0. The summed E-state index contributed by atoms with van der Waals surface area (Å²) in [4.78, 5) is 27.4. The molecule has 1 aromatic rings. The Kier molecular flexibility index (Phi) is 5.25. The van der Waals surface area contributed by atoms with Crippen molar-refractivity contribution >= 4 is 11.9 Å². The molecule has 2 N–H and O–H groups in total. The average Bonchev–Trinajstić information content (AvgIpc) is 2.38. The lowest BCUT2D eigenvalue weighted by molar-refractivity contribution is -0.153. The molecular formula is C15H22N2O3. The molecule has 1 rings (SSSR count). The minimum absolute atomic E-state index is 0.0371. The number of amides is 1. The van der Waals surface area contributed by atoms with Crippen LogP contribution in [-0.4, -0.2) is 22.0 Å². The highest BCUT2D eigenvalue weighted by Crippen LogP contribution is 2.31. The van der Waals surface area contributed by atoms with Crippen LogP contribution in [0.25, 0.3) is 0 Å². The lowest BCUT2D eigenvalue weighted by atomic mass is 9.76. The SMILES string of the molecule is CC(NC(=O)CC(C)(C(=O)O)C(C)C)c1cccnc1. The number of carbonyl (C=O) groups excluding carboxylic acids is 1. The van der Waals surface area contributed by atoms with Crippen LogP contribution in [0.2, 0.25) is 0 Å². The molecule has 0 saturated heterocycles. The molecule has 0 aliphatic heterocycles. The number of nitrogens with zero attached hydrogens (tertiary/aromatic N) is 1. The number of pyridine rings is 1. The fraction of sp³-hybridized carbons (Fsp3) is 0.533. The summed E-state index contributed by atoms with van der Waals surface area (Å²) in [6.07, 6.45) is 3.31. The standard InChI is InChI=1S/C15H22N2O3/c1-10(2)15(4,14(19)20)8-13(18)17-11(3)12-6-5-7-16-9-12/h5-7,9-11H,8H2,1-4H3,(H,17,18)(H,19,20). The van der Waals surface area contributed by atoms with Crippen molar-refractivity contribution < 1.29 is 14.7 Å². The summed E-state index contributed by atoms with van der Waals surface area (Å²) in [5.41, 5.74) is -0.166. The molecule has 0 radical (unpaired) electrons. The minimum Gasteiger partial charge on any atom is -0.481 e. The highest BCUT2D eigenvalue weighted by atomic mass is 16.4. The molecule has 5 heteroatoms. The topological polar surface area (TPSA) is 79.3 Å². The van der Waals surface area contributed by atoms with Crippen LogP contribution in [0.5, 0.6) is 0 Å². The fourth-order valence-corrected chi connectivity index (χ4v) is 1.87.